The lowest BCUT2D eigenvalue weighted by atomic mass is 10.1. The first-order chi connectivity index (χ1) is 8.33. The van der Waals surface area contributed by atoms with Gasteiger partial charge in [0, 0.05) is 19.4 Å². The highest BCUT2D eigenvalue weighted by Gasteiger charge is 2.17. The molecule has 2 aromatic rings. The smallest absolute Gasteiger partial charge is 0.0921 e. The molecule has 2 aromatic heterocycles. The normalized spacial score (nSPS) is 12.6. The van der Waals surface area contributed by atoms with Gasteiger partial charge in [0.05, 0.1) is 17.4 Å². The molecule has 0 fully saturated rings. The molecule has 1 N–H and O–H groups in total. The first-order valence-corrected chi connectivity index (χ1v) is 5.95. The van der Waals surface area contributed by atoms with Gasteiger partial charge >= 0.3 is 0 Å². The number of aryl methyl sites for hydroxylation is 1. The van der Waals surface area contributed by atoms with Crippen LogP contribution in [0.1, 0.15) is 30.8 Å². The quantitative estimate of drug-likeness (QED) is 0.853. The summed E-state index contributed by atoms with van der Waals surface area (Å²) in [5, 5.41) is 7.73. The summed E-state index contributed by atoms with van der Waals surface area (Å²) in [6.45, 7) is 3.12. The topological polar surface area (TPSA) is 42.7 Å². The average molecular weight is 230 g/mol. The fourth-order valence-corrected chi connectivity index (χ4v) is 1.86. The minimum absolute atomic E-state index is 0.114. The number of aromatic nitrogens is 3. The SMILES string of the molecule is CCCNC(c1ccccn1)c1ccnn1C. The van der Waals surface area contributed by atoms with Crippen LogP contribution < -0.4 is 5.32 Å². The second kappa shape index (κ2) is 5.59. The summed E-state index contributed by atoms with van der Waals surface area (Å²) in [6, 6.07) is 8.13. The highest BCUT2D eigenvalue weighted by atomic mass is 15.3. The van der Waals surface area contributed by atoms with E-state index in [2.05, 4.69) is 22.3 Å². The Kier molecular flexibility index (Phi) is 3.88. The molecular formula is C13H18N4. The van der Waals surface area contributed by atoms with Gasteiger partial charge in [0.15, 0.2) is 0 Å². The summed E-state index contributed by atoms with van der Waals surface area (Å²) in [5.41, 5.74) is 2.17. The van der Waals surface area contributed by atoms with Crippen LogP contribution in [0, 0.1) is 0 Å². The van der Waals surface area contributed by atoms with E-state index in [9.17, 15) is 0 Å². The Bertz CT molecular complexity index is 449. The van der Waals surface area contributed by atoms with E-state index < -0.39 is 0 Å². The standard InChI is InChI=1S/C13H18N4/c1-3-8-15-13(11-6-4-5-9-14-11)12-7-10-16-17(12)2/h4-7,9-10,13,15H,3,8H2,1-2H3. The number of hydrogen-bond acceptors (Lipinski definition) is 3. The van der Waals surface area contributed by atoms with E-state index in [1.54, 1.807) is 0 Å². The molecule has 0 saturated carbocycles. The van der Waals surface area contributed by atoms with Crippen molar-refractivity contribution in [3.05, 3.63) is 48.0 Å². The Hall–Kier alpha value is -1.68. The molecule has 0 saturated heterocycles. The third-order valence-electron chi connectivity index (χ3n) is 2.74. The highest BCUT2D eigenvalue weighted by Crippen LogP contribution is 2.18. The van der Waals surface area contributed by atoms with Gasteiger partial charge in [-0.15, -0.1) is 0 Å². The molecule has 0 aliphatic carbocycles. The largest absolute Gasteiger partial charge is 0.304 e. The van der Waals surface area contributed by atoms with Crippen molar-refractivity contribution in [3.8, 4) is 0 Å². The van der Waals surface area contributed by atoms with E-state index in [0.29, 0.717) is 0 Å². The third-order valence-corrected chi connectivity index (χ3v) is 2.74. The van der Waals surface area contributed by atoms with Crippen molar-refractivity contribution in [2.75, 3.05) is 6.54 Å². The van der Waals surface area contributed by atoms with Crippen molar-refractivity contribution in [1.82, 2.24) is 20.1 Å². The van der Waals surface area contributed by atoms with E-state index in [1.165, 1.54) is 0 Å². The summed E-state index contributed by atoms with van der Waals surface area (Å²) in [6.07, 6.45) is 4.74. The minimum Gasteiger partial charge on any atom is -0.304 e. The third kappa shape index (κ3) is 2.71. The molecule has 4 nitrogen and oxygen atoms in total. The molecule has 0 spiro atoms. The summed E-state index contributed by atoms with van der Waals surface area (Å²) >= 11 is 0. The molecule has 2 rings (SSSR count). The molecule has 0 bridgehead atoms. The van der Waals surface area contributed by atoms with Gasteiger partial charge in [-0.2, -0.15) is 5.10 Å². The molecule has 0 aromatic carbocycles. The fourth-order valence-electron chi connectivity index (χ4n) is 1.86. The van der Waals surface area contributed by atoms with Crippen LogP contribution in [-0.2, 0) is 7.05 Å². The molecule has 0 amide bonds. The second-order valence-electron chi connectivity index (χ2n) is 4.02. The van der Waals surface area contributed by atoms with Crippen molar-refractivity contribution in [2.24, 2.45) is 7.05 Å². The maximum Gasteiger partial charge on any atom is 0.0921 e. The van der Waals surface area contributed by atoms with Crippen LogP contribution >= 0.6 is 0 Å². The van der Waals surface area contributed by atoms with Gasteiger partial charge in [-0.25, -0.2) is 0 Å². The molecule has 0 aliphatic rings. The highest BCUT2D eigenvalue weighted by molar-refractivity contribution is 5.21. The molecule has 90 valence electrons. The monoisotopic (exact) mass is 230 g/mol. The summed E-state index contributed by atoms with van der Waals surface area (Å²) in [5.74, 6) is 0. The predicted octanol–water partition coefficient (Wildman–Crippen LogP) is 1.90. The predicted molar refractivity (Wildman–Crippen MR) is 67.6 cm³/mol. The summed E-state index contributed by atoms with van der Waals surface area (Å²) < 4.78 is 1.89. The van der Waals surface area contributed by atoms with Crippen molar-refractivity contribution in [3.63, 3.8) is 0 Å². The van der Waals surface area contributed by atoms with E-state index in [1.807, 2.05) is 48.4 Å². The number of pyridine rings is 1. The maximum atomic E-state index is 4.43. The van der Waals surface area contributed by atoms with Crippen molar-refractivity contribution < 1.29 is 0 Å². The van der Waals surface area contributed by atoms with Crippen LogP contribution in [0.2, 0.25) is 0 Å². The van der Waals surface area contributed by atoms with E-state index in [-0.39, 0.29) is 6.04 Å². The minimum atomic E-state index is 0.114. The van der Waals surface area contributed by atoms with Crippen molar-refractivity contribution >= 4 is 0 Å². The van der Waals surface area contributed by atoms with Gasteiger partial charge in [0.2, 0.25) is 0 Å². The maximum absolute atomic E-state index is 4.43. The molecule has 2 heterocycles. The Morgan fingerprint density at radius 2 is 2.18 bits per heavy atom. The lowest BCUT2D eigenvalue weighted by molar-refractivity contribution is 0.544. The molecule has 0 radical (unpaired) electrons. The Labute approximate surface area is 102 Å². The summed E-state index contributed by atoms with van der Waals surface area (Å²) in [4.78, 5) is 4.43. The van der Waals surface area contributed by atoms with Gasteiger partial charge in [-0.1, -0.05) is 13.0 Å². The van der Waals surface area contributed by atoms with Crippen LogP contribution in [0.25, 0.3) is 0 Å². The fraction of sp³-hybridized carbons (Fsp3) is 0.385. The first-order valence-electron chi connectivity index (χ1n) is 5.95. The second-order valence-corrected chi connectivity index (χ2v) is 4.02. The van der Waals surface area contributed by atoms with Crippen LogP contribution in [0.4, 0.5) is 0 Å². The molecule has 1 unspecified atom stereocenters. The van der Waals surface area contributed by atoms with Crippen LogP contribution in [0.15, 0.2) is 36.7 Å². The van der Waals surface area contributed by atoms with E-state index in [0.717, 1.165) is 24.4 Å². The van der Waals surface area contributed by atoms with Gasteiger partial charge in [0.1, 0.15) is 0 Å². The first kappa shape index (κ1) is 11.8. The Balaban J connectivity index is 2.29. The van der Waals surface area contributed by atoms with Gasteiger partial charge < -0.3 is 5.32 Å². The van der Waals surface area contributed by atoms with Crippen LogP contribution in [-0.4, -0.2) is 21.3 Å². The number of nitrogens with one attached hydrogen (secondary N) is 1. The average Bonchev–Trinajstić information content (AvgIpc) is 2.78. The van der Waals surface area contributed by atoms with Gasteiger partial charge in [-0.3, -0.25) is 9.67 Å². The zero-order chi connectivity index (χ0) is 12.1. The Morgan fingerprint density at radius 1 is 1.29 bits per heavy atom. The Morgan fingerprint density at radius 3 is 2.76 bits per heavy atom. The lowest BCUT2D eigenvalue weighted by Gasteiger charge is -2.18. The lowest BCUT2D eigenvalue weighted by Crippen LogP contribution is -2.26. The van der Waals surface area contributed by atoms with Crippen LogP contribution in [0.5, 0.6) is 0 Å². The van der Waals surface area contributed by atoms with E-state index in [4.69, 9.17) is 0 Å². The zero-order valence-corrected chi connectivity index (χ0v) is 10.3. The van der Waals surface area contributed by atoms with Crippen molar-refractivity contribution in [1.29, 1.82) is 0 Å². The number of hydrogen-bond donors (Lipinski definition) is 1. The van der Waals surface area contributed by atoms with Gasteiger partial charge in [0.25, 0.3) is 0 Å². The number of rotatable bonds is 5. The summed E-state index contributed by atoms with van der Waals surface area (Å²) in [7, 11) is 1.96. The molecular weight excluding hydrogens is 212 g/mol. The van der Waals surface area contributed by atoms with E-state index >= 15 is 0 Å². The molecule has 17 heavy (non-hydrogen) atoms. The van der Waals surface area contributed by atoms with Crippen LogP contribution in [0.3, 0.4) is 0 Å². The zero-order valence-electron chi connectivity index (χ0n) is 10.3. The van der Waals surface area contributed by atoms with Gasteiger partial charge in [-0.05, 0) is 31.2 Å². The van der Waals surface area contributed by atoms with Crippen molar-refractivity contribution in [2.45, 2.75) is 19.4 Å². The molecule has 0 aliphatic heterocycles. The molecule has 4 heteroatoms. The number of nitrogens with zero attached hydrogens (tertiary/aromatic N) is 3. The molecule has 1 atom stereocenters.